The number of halogens is 1. The van der Waals surface area contributed by atoms with Gasteiger partial charge >= 0.3 is 0 Å². The highest BCUT2D eigenvalue weighted by molar-refractivity contribution is 9.10. The lowest BCUT2D eigenvalue weighted by Gasteiger charge is -2.18. The van der Waals surface area contributed by atoms with Crippen LogP contribution in [0.5, 0.6) is 0 Å². The van der Waals surface area contributed by atoms with E-state index in [1.54, 1.807) is 0 Å². The molecule has 2 rings (SSSR count). The van der Waals surface area contributed by atoms with Crippen LogP contribution in [0.4, 0.5) is 0 Å². The van der Waals surface area contributed by atoms with Crippen molar-refractivity contribution in [1.29, 1.82) is 0 Å². The van der Waals surface area contributed by atoms with Crippen molar-refractivity contribution in [2.75, 3.05) is 7.05 Å². The second kappa shape index (κ2) is 7.05. The van der Waals surface area contributed by atoms with Crippen LogP contribution in [0.3, 0.4) is 0 Å². The van der Waals surface area contributed by atoms with Gasteiger partial charge in [0, 0.05) is 10.5 Å². The van der Waals surface area contributed by atoms with Crippen molar-refractivity contribution >= 4 is 15.9 Å². The van der Waals surface area contributed by atoms with Crippen molar-refractivity contribution in [3.63, 3.8) is 0 Å². The average Bonchev–Trinajstić information content (AvgIpc) is 2.46. The molecule has 2 aromatic rings. The molecule has 0 saturated heterocycles. The van der Waals surface area contributed by atoms with Crippen LogP contribution >= 0.6 is 15.9 Å². The fraction of sp³-hybridized carbons (Fsp3) is 0.333. The highest BCUT2D eigenvalue weighted by Gasteiger charge is 2.12. The molecule has 0 aliphatic carbocycles. The summed E-state index contributed by atoms with van der Waals surface area (Å²) < 4.78 is 1.16. The van der Waals surface area contributed by atoms with Gasteiger partial charge in [-0.15, -0.1) is 0 Å². The maximum Gasteiger partial charge on any atom is 0.0369 e. The third-order valence-electron chi connectivity index (χ3n) is 3.72. The Morgan fingerprint density at radius 1 is 1.00 bits per heavy atom. The fourth-order valence-electron chi connectivity index (χ4n) is 2.40. The SMILES string of the molecule is CNC(Cc1ccc(C(C)C)cc1)c1ccccc1Br. The third kappa shape index (κ3) is 3.71. The normalized spacial score (nSPS) is 12.7. The quantitative estimate of drug-likeness (QED) is 0.805. The predicted octanol–water partition coefficient (Wildman–Crippen LogP) is 5.08. The highest BCUT2D eigenvalue weighted by Crippen LogP contribution is 2.26. The molecule has 0 fully saturated rings. The lowest BCUT2D eigenvalue weighted by molar-refractivity contribution is 0.589. The number of likely N-dealkylation sites (N-methyl/N-ethyl adjacent to an activating group) is 1. The van der Waals surface area contributed by atoms with Crippen LogP contribution in [0.1, 0.15) is 42.5 Å². The van der Waals surface area contributed by atoms with Crippen molar-refractivity contribution in [2.24, 2.45) is 0 Å². The summed E-state index contributed by atoms with van der Waals surface area (Å²) in [6.45, 7) is 4.46. The minimum atomic E-state index is 0.329. The highest BCUT2D eigenvalue weighted by atomic mass is 79.9. The lowest BCUT2D eigenvalue weighted by Crippen LogP contribution is -2.19. The molecular formula is C18H22BrN. The Bertz CT molecular complexity index is 546. The fourth-order valence-corrected chi connectivity index (χ4v) is 2.96. The topological polar surface area (TPSA) is 12.0 Å². The van der Waals surface area contributed by atoms with E-state index in [9.17, 15) is 0 Å². The van der Waals surface area contributed by atoms with Crippen molar-refractivity contribution < 1.29 is 0 Å². The average molecular weight is 332 g/mol. The molecule has 0 aliphatic rings. The van der Waals surface area contributed by atoms with E-state index in [4.69, 9.17) is 0 Å². The number of hydrogen-bond acceptors (Lipinski definition) is 1. The molecule has 2 aromatic carbocycles. The molecule has 0 aliphatic heterocycles. The minimum Gasteiger partial charge on any atom is -0.313 e. The molecule has 1 N–H and O–H groups in total. The largest absolute Gasteiger partial charge is 0.313 e. The molecule has 0 saturated carbocycles. The molecule has 2 heteroatoms. The van der Waals surface area contributed by atoms with Crippen LogP contribution in [0, 0.1) is 0 Å². The summed E-state index contributed by atoms with van der Waals surface area (Å²) in [5.74, 6) is 0.590. The summed E-state index contributed by atoms with van der Waals surface area (Å²) in [5, 5.41) is 3.42. The second-order valence-electron chi connectivity index (χ2n) is 5.46. The third-order valence-corrected chi connectivity index (χ3v) is 4.44. The summed E-state index contributed by atoms with van der Waals surface area (Å²) >= 11 is 3.64. The van der Waals surface area contributed by atoms with Gasteiger partial charge in [-0.3, -0.25) is 0 Å². The van der Waals surface area contributed by atoms with E-state index in [0.29, 0.717) is 12.0 Å². The summed E-state index contributed by atoms with van der Waals surface area (Å²) in [6.07, 6.45) is 0.998. The van der Waals surface area contributed by atoms with Crippen molar-refractivity contribution in [1.82, 2.24) is 5.32 Å². The second-order valence-corrected chi connectivity index (χ2v) is 6.32. The standard InChI is InChI=1S/C18H22BrN/c1-13(2)15-10-8-14(9-11-15)12-18(20-3)16-6-4-5-7-17(16)19/h4-11,13,18,20H,12H2,1-3H3. The van der Waals surface area contributed by atoms with Crippen molar-refractivity contribution in [3.05, 3.63) is 69.7 Å². The van der Waals surface area contributed by atoms with E-state index in [1.807, 2.05) is 7.05 Å². The first-order valence-corrected chi connectivity index (χ1v) is 7.91. The molecule has 0 spiro atoms. The molecule has 1 unspecified atom stereocenters. The van der Waals surface area contributed by atoms with E-state index in [2.05, 4.69) is 83.6 Å². The van der Waals surface area contributed by atoms with Gasteiger partial charge in [-0.2, -0.15) is 0 Å². The molecule has 1 atom stereocenters. The van der Waals surface area contributed by atoms with Gasteiger partial charge < -0.3 is 5.32 Å². The summed E-state index contributed by atoms with van der Waals surface area (Å²) in [7, 11) is 2.02. The van der Waals surface area contributed by atoms with Gasteiger partial charge in [-0.05, 0) is 42.1 Å². The first-order chi connectivity index (χ1) is 9.61. The van der Waals surface area contributed by atoms with Crippen molar-refractivity contribution in [3.8, 4) is 0 Å². The van der Waals surface area contributed by atoms with E-state index in [-0.39, 0.29) is 0 Å². The van der Waals surface area contributed by atoms with E-state index >= 15 is 0 Å². The monoisotopic (exact) mass is 331 g/mol. The Hall–Kier alpha value is -1.12. The van der Waals surface area contributed by atoms with E-state index in [0.717, 1.165) is 10.9 Å². The van der Waals surface area contributed by atoms with Gasteiger partial charge in [0.25, 0.3) is 0 Å². The number of hydrogen-bond donors (Lipinski definition) is 1. The summed E-state index contributed by atoms with van der Waals surface area (Å²) in [5.41, 5.74) is 4.07. The lowest BCUT2D eigenvalue weighted by atomic mass is 9.96. The van der Waals surface area contributed by atoms with Crippen molar-refractivity contribution in [2.45, 2.75) is 32.2 Å². The van der Waals surface area contributed by atoms with Crippen LogP contribution < -0.4 is 5.32 Å². The first-order valence-electron chi connectivity index (χ1n) is 7.12. The van der Waals surface area contributed by atoms with Crippen LogP contribution in [0.15, 0.2) is 53.0 Å². The maximum atomic E-state index is 3.64. The van der Waals surface area contributed by atoms with Gasteiger partial charge in [0.05, 0.1) is 0 Å². The zero-order valence-corrected chi connectivity index (χ0v) is 13.9. The van der Waals surface area contributed by atoms with Gasteiger partial charge in [0.15, 0.2) is 0 Å². The van der Waals surface area contributed by atoms with Gasteiger partial charge in [0.1, 0.15) is 0 Å². The Morgan fingerprint density at radius 2 is 1.65 bits per heavy atom. The van der Waals surface area contributed by atoms with Crippen LogP contribution in [0.2, 0.25) is 0 Å². The van der Waals surface area contributed by atoms with Crippen LogP contribution in [-0.2, 0) is 6.42 Å². The number of rotatable bonds is 5. The molecule has 0 aromatic heterocycles. The molecule has 0 bridgehead atoms. The van der Waals surface area contributed by atoms with E-state index in [1.165, 1.54) is 16.7 Å². The first kappa shape index (κ1) is 15.3. The number of nitrogens with one attached hydrogen (secondary N) is 1. The molecule has 0 heterocycles. The molecular weight excluding hydrogens is 310 g/mol. The Morgan fingerprint density at radius 3 is 2.20 bits per heavy atom. The Balaban J connectivity index is 2.16. The van der Waals surface area contributed by atoms with Crippen LogP contribution in [0.25, 0.3) is 0 Å². The van der Waals surface area contributed by atoms with Gasteiger partial charge in [0.2, 0.25) is 0 Å². The van der Waals surface area contributed by atoms with E-state index < -0.39 is 0 Å². The summed E-state index contributed by atoms with van der Waals surface area (Å²) in [4.78, 5) is 0. The molecule has 1 nitrogen and oxygen atoms in total. The maximum absolute atomic E-state index is 3.64. The predicted molar refractivity (Wildman–Crippen MR) is 90.2 cm³/mol. The zero-order chi connectivity index (χ0) is 14.5. The smallest absolute Gasteiger partial charge is 0.0369 e. The Kier molecular flexibility index (Phi) is 5.38. The minimum absolute atomic E-state index is 0.329. The molecule has 0 radical (unpaired) electrons. The van der Waals surface area contributed by atoms with Crippen LogP contribution in [-0.4, -0.2) is 7.05 Å². The van der Waals surface area contributed by atoms with Gasteiger partial charge in [-0.1, -0.05) is 72.2 Å². The number of benzene rings is 2. The molecule has 106 valence electrons. The molecule has 20 heavy (non-hydrogen) atoms. The molecule has 0 amide bonds. The Labute approximate surface area is 130 Å². The summed E-state index contributed by atoms with van der Waals surface area (Å²) in [6, 6.07) is 17.7. The zero-order valence-electron chi connectivity index (χ0n) is 12.4. The van der Waals surface area contributed by atoms with Gasteiger partial charge in [-0.25, -0.2) is 0 Å².